The van der Waals surface area contributed by atoms with E-state index < -0.39 is 0 Å². The van der Waals surface area contributed by atoms with Crippen molar-refractivity contribution in [3.05, 3.63) is 94.1 Å². The molecule has 2 saturated carbocycles. The number of carbonyl (C=O) groups excluding carboxylic acids is 1. The van der Waals surface area contributed by atoms with Crippen molar-refractivity contribution in [1.29, 1.82) is 0 Å². The minimum Gasteiger partial charge on any atom is -0.299 e. The zero-order chi connectivity index (χ0) is 23.8. The number of allylic oxidation sites excluding steroid dienone is 4. The van der Waals surface area contributed by atoms with Gasteiger partial charge in [-0.1, -0.05) is 71.8 Å². The van der Waals surface area contributed by atoms with Gasteiger partial charge in [-0.3, -0.25) is 4.79 Å². The molecule has 1 heteroatoms. The smallest absolute Gasteiger partial charge is 0.140 e. The Morgan fingerprint density at radius 1 is 0.528 bits per heavy atom. The molecule has 2 aromatic carbocycles. The highest BCUT2D eigenvalue weighted by Gasteiger charge is 2.50. The van der Waals surface area contributed by atoms with Crippen LogP contribution in [0.3, 0.4) is 0 Å². The first-order valence-electron chi connectivity index (χ1n) is 14.9. The number of fused-ring (bicyclic) bond motifs is 10. The van der Waals surface area contributed by atoms with Crippen LogP contribution in [-0.4, -0.2) is 5.78 Å². The van der Waals surface area contributed by atoms with Gasteiger partial charge in [-0.15, -0.1) is 0 Å². The number of aryl methyl sites for hydroxylation is 2. The van der Waals surface area contributed by atoms with E-state index in [0.717, 1.165) is 12.8 Å². The van der Waals surface area contributed by atoms with Gasteiger partial charge in [0.1, 0.15) is 5.78 Å². The van der Waals surface area contributed by atoms with Gasteiger partial charge >= 0.3 is 0 Å². The lowest BCUT2D eigenvalue weighted by atomic mass is 9.60. The van der Waals surface area contributed by atoms with Gasteiger partial charge in [-0.2, -0.15) is 0 Å². The van der Waals surface area contributed by atoms with Crippen LogP contribution in [0, 0.1) is 35.5 Å². The lowest BCUT2D eigenvalue weighted by Crippen LogP contribution is -2.38. The monoisotopic (exact) mass is 474 g/mol. The van der Waals surface area contributed by atoms with E-state index in [4.69, 9.17) is 0 Å². The second kappa shape index (κ2) is 8.30. The van der Waals surface area contributed by atoms with Crippen molar-refractivity contribution in [1.82, 2.24) is 0 Å². The molecule has 1 nitrogen and oxygen atoms in total. The quantitative estimate of drug-likeness (QED) is 0.404. The van der Waals surface area contributed by atoms with Crippen LogP contribution in [0.4, 0.5) is 0 Å². The fraction of sp³-hybridized carbons (Fsp3) is 0.514. The fourth-order valence-corrected chi connectivity index (χ4v) is 10.0. The standard InChI is InChI=1S/C35H38O/c36-35(33-19-17-29-27-11-9-21-5-1-3-7-23(21)25(27)13-15-31(29)33)34-20-18-30-28-12-10-22-6-2-4-8-24(22)26(28)14-16-32(30)34/h1-8,17-18,25-28,31-34H,9-16,19-20H2/t25-,26-,27-,28-,31+,32+,33?,34?/m1/s1. The average molecular weight is 475 g/mol. The van der Waals surface area contributed by atoms with E-state index in [9.17, 15) is 4.79 Å². The Bertz CT molecular complexity index is 1180. The van der Waals surface area contributed by atoms with Gasteiger partial charge in [-0.05, 0) is 122 Å². The van der Waals surface area contributed by atoms with Crippen molar-refractivity contribution < 1.29 is 4.79 Å². The molecule has 184 valence electrons. The van der Waals surface area contributed by atoms with Crippen molar-refractivity contribution >= 4 is 5.78 Å². The number of carbonyl (C=O) groups is 1. The average Bonchev–Trinajstić information content (AvgIpc) is 3.57. The first-order chi connectivity index (χ1) is 17.8. The number of benzene rings is 2. The highest BCUT2D eigenvalue weighted by molar-refractivity contribution is 5.86. The third kappa shape index (κ3) is 3.10. The Balaban J connectivity index is 0.999. The zero-order valence-corrected chi connectivity index (χ0v) is 21.4. The number of rotatable bonds is 2. The van der Waals surface area contributed by atoms with Crippen molar-refractivity contribution in [2.45, 2.75) is 76.0 Å². The molecule has 2 aromatic rings. The lowest BCUT2D eigenvalue weighted by Gasteiger charge is -2.44. The summed E-state index contributed by atoms with van der Waals surface area (Å²) in [4.78, 5) is 14.2. The van der Waals surface area contributed by atoms with Crippen LogP contribution in [0.5, 0.6) is 0 Å². The Kier molecular flexibility index (Phi) is 4.99. The van der Waals surface area contributed by atoms with Gasteiger partial charge in [0.05, 0.1) is 0 Å². The largest absolute Gasteiger partial charge is 0.299 e. The maximum absolute atomic E-state index is 14.2. The van der Waals surface area contributed by atoms with Crippen LogP contribution in [0.15, 0.2) is 71.8 Å². The van der Waals surface area contributed by atoms with Crippen molar-refractivity contribution in [2.75, 3.05) is 0 Å². The molecule has 0 saturated heterocycles. The molecular weight excluding hydrogens is 436 g/mol. The Labute approximate surface area is 216 Å². The van der Waals surface area contributed by atoms with Gasteiger partial charge in [0.25, 0.3) is 0 Å². The molecule has 8 rings (SSSR count). The van der Waals surface area contributed by atoms with Gasteiger partial charge in [0.2, 0.25) is 0 Å². The van der Waals surface area contributed by atoms with Gasteiger partial charge in [0.15, 0.2) is 0 Å². The van der Waals surface area contributed by atoms with Crippen LogP contribution in [-0.2, 0) is 17.6 Å². The number of hydrogen-bond acceptors (Lipinski definition) is 1. The first-order valence-corrected chi connectivity index (χ1v) is 14.9. The summed E-state index contributed by atoms with van der Waals surface area (Å²) in [7, 11) is 0. The Morgan fingerprint density at radius 3 is 1.47 bits per heavy atom. The molecule has 6 aliphatic rings. The first kappa shape index (κ1) is 21.7. The zero-order valence-electron chi connectivity index (χ0n) is 21.4. The Morgan fingerprint density at radius 2 is 0.972 bits per heavy atom. The summed E-state index contributed by atoms with van der Waals surface area (Å²) in [6, 6.07) is 18.3. The lowest BCUT2D eigenvalue weighted by molar-refractivity contribution is -0.129. The fourth-order valence-electron chi connectivity index (χ4n) is 10.0. The van der Waals surface area contributed by atoms with E-state index in [0.29, 0.717) is 41.3 Å². The van der Waals surface area contributed by atoms with E-state index >= 15 is 0 Å². The number of ketones is 1. The molecule has 2 fully saturated rings. The molecule has 0 radical (unpaired) electrons. The molecule has 6 aliphatic carbocycles. The summed E-state index contributed by atoms with van der Waals surface area (Å²) < 4.78 is 0. The van der Waals surface area contributed by atoms with Crippen molar-refractivity contribution in [3.63, 3.8) is 0 Å². The second-order valence-corrected chi connectivity index (χ2v) is 12.8. The molecule has 0 amide bonds. The maximum atomic E-state index is 14.2. The summed E-state index contributed by atoms with van der Waals surface area (Å²) in [6.45, 7) is 0. The summed E-state index contributed by atoms with van der Waals surface area (Å²) in [5.74, 6) is 4.98. The molecule has 0 spiro atoms. The summed E-state index contributed by atoms with van der Waals surface area (Å²) in [5, 5.41) is 0. The minimum absolute atomic E-state index is 0.265. The SMILES string of the molecule is O=C(C1CC=C2[C@@H]1CC[C@@H]1c3ccccc3CC[C@@H]21)C1CC=C2[C@@H]1CC[C@@H]1c3ccccc3CC[C@@H]21. The predicted molar refractivity (Wildman–Crippen MR) is 145 cm³/mol. The normalized spacial score (nSPS) is 37.9. The van der Waals surface area contributed by atoms with Crippen molar-refractivity contribution in [3.8, 4) is 0 Å². The summed E-state index contributed by atoms with van der Waals surface area (Å²) >= 11 is 0. The molecule has 0 aromatic heterocycles. The third-order valence-corrected chi connectivity index (χ3v) is 11.5. The number of hydrogen-bond donors (Lipinski definition) is 0. The molecule has 8 atom stereocenters. The van der Waals surface area contributed by atoms with Crippen LogP contribution in [0.2, 0.25) is 0 Å². The maximum Gasteiger partial charge on any atom is 0.140 e. The summed E-state index contributed by atoms with van der Waals surface area (Å²) in [6.07, 6.45) is 17.1. The van der Waals surface area contributed by atoms with Crippen molar-refractivity contribution in [2.24, 2.45) is 35.5 Å². The molecule has 36 heavy (non-hydrogen) atoms. The highest BCUT2D eigenvalue weighted by atomic mass is 16.1. The van der Waals surface area contributed by atoms with Gasteiger partial charge in [0, 0.05) is 11.8 Å². The van der Waals surface area contributed by atoms with Gasteiger partial charge in [-0.25, -0.2) is 0 Å². The van der Waals surface area contributed by atoms with E-state index in [1.807, 2.05) is 0 Å². The van der Waals surface area contributed by atoms with E-state index in [1.54, 1.807) is 33.4 Å². The molecular formula is C35H38O. The minimum atomic E-state index is 0.265. The van der Waals surface area contributed by atoms with Crippen LogP contribution in [0.25, 0.3) is 0 Å². The Hall–Kier alpha value is -2.41. The molecule has 2 unspecified atom stereocenters. The second-order valence-electron chi connectivity index (χ2n) is 12.8. The molecule has 0 aliphatic heterocycles. The summed E-state index contributed by atoms with van der Waals surface area (Å²) in [5.41, 5.74) is 9.73. The van der Waals surface area contributed by atoms with E-state index in [1.165, 1.54) is 51.4 Å². The topological polar surface area (TPSA) is 17.1 Å². The predicted octanol–water partition coefficient (Wildman–Crippen LogP) is 7.96. The third-order valence-electron chi connectivity index (χ3n) is 11.5. The molecule has 0 N–H and O–H groups in total. The highest BCUT2D eigenvalue weighted by Crippen LogP contribution is 2.58. The van der Waals surface area contributed by atoms with Gasteiger partial charge < -0.3 is 0 Å². The van der Waals surface area contributed by atoms with E-state index in [2.05, 4.69) is 60.7 Å². The molecule has 0 bridgehead atoms. The van der Waals surface area contributed by atoms with Crippen LogP contribution < -0.4 is 0 Å². The number of Topliss-reactive ketones (excluding diaryl/α,β-unsaturated/α-hetero) is 1. The van der Waals surface area contributed by atoms with E-state index in [-0.39, 0.29) is 11.8 Å². The van der Waals surface area contributed by atoms with Crippen LogP contribution >= 0.6 is 0 Å². The van der Waals surface area contributed by atoms with Crippen LogP contribution in [0.1, 0.15) is 85.5 Å². The molecule has 0 heterocycles.